The van der Waals surface area contributed by atoms with Gasteiger partial charge in [0.05, 0.1) is 11.6 Å². The minimum atomic E-state index is -0.354. The smallest absolute Gasteiger partial charge is 0.289 e. The van der Waals surface area contributed by atoms with Gasteiger partial charge >= 0.3 is 0 Å². The molecule has 5 nitrogen and oxygen atoms in total. The van der Waals surface area contributed by atoms with E-state index < -0.39 is 0 Å². The molecule has 2 heterocycles. The van der Waals surface area contributed by atoms with Gasteiger partial charge in [0.2, 0.25) is 0 Å². The Kier molecular flexibility index (Phi) is 5.03. The molecule has 0 aliphatic carbocycles. The fraction of sp³-hybridized carbons (Fsp3) is 0.238. The summed E-state index contributed by atoms with van der Waals surface area (Å²) in [7, 11) is 0. The van der Waals surface area contributed by atoms with Crippen LogP contribution in [0.15, 0.2) is 46.9 Å². The Hall–Kier alpha value is -2.88. The van der Waals surface area contributed by atoms with Gasteiger partial charge in [0, 0.05) is 43.1 Å². The summed E-state index contributed by atoms with van der Waals surface area (Å²) in [4.78, 5) is 16.6. The standard InChI is InChI=1S/C21H17ClFN3O2/c22-17-2-4-19-15(9-17)11-20(28-19)21(27)26-7-5-25(6-8-26)13-16-10-18(23)3-1-14(16)12-24/h1-4,9-11H,5-8,13H2. The highest BCUT2D eigenvalue weighted by Gasteiger charge is 2.25. The number of rotatable bonds is 3. The highest BCUT2D eigenvalue weighted by atomic mass is 35.5. The van der Waals surface area contributed by atoms with Crippen molar-refractivity contribution in [2.75, 3.05) is 26.2 Å². The lowest BCUT2D eigenvalue weighted by molar-refractivity contribution is 0.0600. The van der Waals surface area contributed by atoms with Gasteiger partial charge in [0.15, 0.2) is 5.76 Å². The molecule has 7 heteroatoms. The van der Waals surface area contributed by atoms with E-state index in [1.807, 2.05) is 0 Å². The zero-order valence-electron chi connectivity index (χ0n) is 15.0. The van der Waals surface area contributed by atoms with E-state index in [0.717, 1.165) is 5.39 Å². The van der Waals surface area contributed by atoms with E-state index in [4.69, 9.17) is 16.0 Å². The van der Waals surface area contributed by atoms with Crippen LogP contribution in [0.4, 0.5) is 4.39 Å². The Labute approximate surface area is 166 Å². The molecule has 0 unspecified atom stereocenters. The third-order valence-electron chi connectivity index (χ3n) is 4.93. The summed E-state index contributed by atoms with van der Waals surface area (Å²) < 4.78 is 19.2. The maximum Gasteiger partial charge on any atom is 0.289 e. The monoisotopic (exact) mass is 397 g/mol. The molecule has 3 aromatic rings. The number of nitrogens with zero attached hydrogens (tertiary/aromatic N) is 3. The number of furan rings is 1. The zero-order chi connectivity index (χ0) is 19.7. The topological polar surface area (TPSA) is 60.5 Å². The van der Waals surface area contributed by atoms with Crippen molar-refractivity contribution in [2.24, 2.45) is 0 Å². The summed E-state index contributed by atoms with van der Waals surface area (Å²) in [5.74, 6) is -0.217. The molecule has 1 aromatic heterocycles. The van der Waals surface area contributed by atoms with Crippen molar-refractivity contribution in [1.29, 1.82) is 5.26 Å². The molecule has 1 aliphatic heterocycles. The van der Waals surface area contributed by atoms with Gasteiger partial charge in [-0.25, -0.2) is 4.39 Å². The number of benzene rings is 2. The van der Waals surface area contributed by atoms with Crippen LogP contribution < -0.4 is 0 Å². The van der Waals surface area contributed by atoms with Crippen LogP contribution >= 0.6 is 11.6 Å². The number of fused-ring (bicyclic) bond motifs is 1. The molecule has 1 aliphatic rings. The van der Waals surface area contributed by atoms with Gasteiger partial charge in [0.25, 0.3) is 5.91 Å². The molecule has 142 valence electrons. The number of carbonyl (C=O) groups is 1. The van der Waals surface area contributed by atoms with E-state index in [1.54, 1.807) is 29.2 Å². The second-order valence-corrected chi connectivity index (χ2v) is 7.21. The predicted octanol–water partition coefficient (Wildman–Crippen LogP) is 4.05. The van der Waals surface area contributed by atoms with Gasteiger partial charge in [-0.3, -0.25) is 9.69 Å². The third-order valence-corrected chi connectivity index (χ3v) is 5.17. The number of amides is 1. The first-order valence-corrected chi connectivity index (χ1v) is 9.30. The first kappa shape index (κ1) is 18.5. The number of halogens is 2. The second-order valence-electron chi connectivity index (χ2n) is 6.77. The van der Waals surface area contributed by atoms with Crippen molar-refractivity contribution in [2.45, 2.75) is 6.54 Å². The summed E-state index contributed by atoms with van der Waals surface area (Å²) >= 11 is 5.98. The van der Waals surface area contributed by atoms with E-state index in [9.17, 15) is 14.4 Å². The van der Waals surface area contributed by atoms with Crippen molar-refractivity contribution in [3.63, 3.8) is 0 Å². The van der Waals surface area contributed by atoms with E-state index in [0.29, 0.717) is 60.2 Å². The Bertz CT molecular complexity index is 1080. The average Bonchev–Trinajstić information content (AvgIpc) is 3.11. The molecule has 0 spiro atoms. The van der Waals surface area contributed by atoms with Crippen molar-refractivity contribution >= 4 is 28.5 Å². The maximum atomic E-state index is 13.5. The largest absolute Gasteiger partial charge is 0.451 e. The van der Waals surface area contributed by atoms with E-state index in [-0.39, 0.29) is 11.7 Å². The highest BCUT2D eigenvalue weighted by molar-refractivity contribution is 6.31. The molecule has 28 heavy (non-hydrogen) atoms. The lowest BCUT2D eigenvalue weighted by atomic mass is 10.1. The minimum Gasteiger partial charge on any atom is -0.451 e. The summed E-state index contributed by atoms with van der Waals surface area (Å²) in [6.07, 6.45) is 0. The van der Waals surface area contributed by atoms with Crippen LogP contribution in [0, 0.1) is 17.1 Å². The van der Waals surface area contributed by atoms with E-state index >= 15 is 0 Å². The van der Waals surface area contributed by atoms with Crippen molar-refractivity contribution in [3.05, 3.63) is 70.2 Å². The Morgan fingerprint density at radius 1 is 1.14 bits per heavy atom. The molecule has 0 bridgehead atoms. The Morgan fingerprint density at radius 2 is 1.93 bits per heavy atom. The van der Waals surface area contributed by atoms with Gasteiger partial charge in [-0.1, -0.05) is 11.6 Å². The fourth-order valence-electron chi connectivity index (χ4n) is 3.43. The van der Waals surface area contributed by atoms with Crippen molar-refractivity contribution in [3.8, 4) is 6.07 Å². The average molecular weight is 398 g/mol. The quantitative estimate of drug-likeness (QED) is 0.668. The molecule has 0 atom stereocenters. The predicted molar refractivity (Wildman–Crippen MR) is 104 cm³/mol. The number of hydrogen-bond donors (Lipinski definition) is 0. The normalized spacial score (nSPS) is 15.0. The molecular formula is C21H17ClFN3O2. The Morgan fingerprint density at radius 3 is 2.68 bits per heavy atom. The zero-order valence-corrected chi connectivity index (χ0v) is 15.7. The fourth-order valence-corrected chi connectivity index (χ4v) is 3.61. The first-order valence-electron chi connectivity index (χ1n) is 8.93. The minimum absolute atomic E-state index is 0.157. The van der Waals surface area contributed by atoms with Crippen LogP contribution in [0.2, 0.25) is 5.02 Å². The van der Waals surface area contributed by atoms with E-state index in [1.165, 1.54) is 18.2 Å². The summed E-state index contributed by atoms with van der Waals surface area (Å²) in [5.41, 5.74) is 1.76. The summed E-state index contributed by atoms with van der Waals surface area (Å²) in [6, 6.07) is 13.2. The lowest BCUT2D eigenvalue weighted by Crippen LogP contribution is -2.48. The Balaban J connectivity index is 1.41. The van der Waals surface area contributed by atoms with Crippen LogP contribution in [0.5, 0.6) is 0 Å². The van der Waals surface area contributed by atoms with E-state index in [2.05, 4.69) is 11.0 Å². The van der Waals surface area contributed by atoms with Crippen LogP contribution in [-0.4, -0.2) is 41.9 Å². The lowest BCUT2D eigenvalue weighted by Gasteiger charge is -2.34. The van der Waals surface area contributed by atoms with Gasteiger partial charge in [-0.15, -0.1) is 0 Å². The molecule has 1 fully saturated rings. The highest BCUT2D eigenvalue weighted by Crippen LogP contribution is 2.24. The van der Waals surface area contributed by atoms with Crippen LogP contribution in [0.25, 0.3) is 11.0 Å². The molecule has 4 rings (SSSR count). The van der Waals surface area contributed by atoms with Crippen molar-refractivity contribution in [1.82, 2.24) is 9.80 Å². The van der Waals surface area contributed by atoms with Crippen LogP contribution in [-0.2, 0) is 6.54 Å². The SMILES string of the molecule is N#Cc1ccc(F)cc1CN1CCN(C(=O)c2cc3cc(Cl)ccc3o2)CC1. The number of nitriles is 1. The molecule has 0 saturated carbocycles. The van der Waals surface area contributed by atoms with Gasteiger partial charge in [0.1, 0.15) is 11.4 Å². The van der Waals surface area contributed by atoms with Crippen LogP contribution in [0.1, 0.15) is 21.7 Å². The number of piperazine rings is 1. The number of hydrogen-bond acceptors (Lipinski definition) is 4. The molecule has 0 N–H and O–H groups in total. The summed E-state index contributed by atoms with van der Waals surface area (Å²) in [5, 5.41) is 10.6. The number of carbonyl (C=O) groups excluding carboxylic acids is 1. The van der Waals surface area contributed by atoms with Gasteiger partial charge < -0.3 is 9.32 Å². The second kappa shape index (κ2) is 7.63. The van der Waals surface area contributed by atoms with Crippen molar-refractivity contribution < 1.29 is 13.6 Å². The van der Waals surface area contributed by atoms with Gasteiger partial charge in [-0.05, 0) is 48.0 Å². The third kappa shape index (κ3) is 3.72. The molecule has 1 saturated heterocycles. The molecule has 0 radical (unpaired) electrons. The van der Waals surface area contributed by atoms with Crippen LogP contribution in [0.3, 0.4) is 0 Å². The molecular weight excluding hydrogens is 381 g/mol. The molecule has 2 aromatic carbocycles. The first-order chi connectivity index (χ1) is 13.5. The molecule has 1 amide bonds. The van der Waals surface area contributed by atoms with Gasteiger partial charge in [-0.2, -0.15) is 5.26 Å². The maximum absolute atomic E-state index is 13.5. The summed E-state index contributed by atoms with van der Waals surface area (Å²) in [6.45, 7) is 2.83.